The van der Waals surface area contributed by atoms with Gasteiger partial charge in [-0.1, -0.05) is 24.3 Å². The van der Waals surface area contributed by atoms with Crippen molar-refractivity contribution < 1.29 is 0 Å². The van der Waals surface area contributed by atoms with Crippen LogP contribution in [0.3, 0.4) is 0 Å². The van der Waals surface area contributed by atoms with Gasteiger partial charge in [0.2, 0.25) is 0 Å². The number of thiocarbonyl (C=S) groups is 1. The third-order valence-electron chi connectivity index (χ3n) is 3.47. The summed E-state index contributed by atoms with van der Waals surface area (Å²) >= 11 is 5.13. The van der Waals surface area contributed by atoms with Crippen LogP contribution in [0.2, 0.25) is 0 Å². The molecule has 6 nitrogen and oxygen atoms in total. The van der Waals surface area contributed by atoms with Crippen LogP contribution < -0.4 is 10.7 Å². The Morgan fingerprint density at radius 2 is 2.08 bits per heavy atom. The van der Waals surface area contributed by atoms with Crippen molar-refractivity contribution in [3.8, 4) is 16.9 Å². The summed E-state index contributed by atoms with van der Waals surface area (Å²) in [7, 11) is 0. The molecule has 0 radical (unpaired) electrons. The molecule has 0 unspecified atom stereocenters. The molecule has 2 N–H and O–H groups in total. The highest BCUT2D eigenvalue weighted by Crippen LogP contribution is 2.21. The third-order valence-corrected chi connectivity index (χ3v) is 3.71. The number of hydrogen-bond acceptors (Lipinski definition) is 4. The normalized spacial score (nSPS) is 10.6. The van der Waals surface area contributed by atoms with Crippen LogP contribution in [0.5, 0.6) is 0 Å². The molecule has 0 aliphatic rings. The zero-order valence-corrected chi connectivity index (χ0v) is 14.9. The fourth-order valence-electron chi connectivity index (χ4n) is 2.29. The standard InChI is InChI=1S/C19H18N6S/c1-2-10-21-19(26)23-22-13-16-14-25(17-8-4-3-5-9-17)24-18(16)15-7-6-11-20-12-15/h2-9,11-14H,1,10H2,(H2,21,23,26)/b22-13-. The Morgan fingerprint density at radius 1 is 1.23 bits per heavy atom. The maximum Gasteiger partial charge on any atom is 0.187 e. The summed E-state index contributed by atoms with van der Waals surface area (Å²) in [6, 6.07) is 13.7. The zero-order chi connectivity index (χ0) is 18.2. The molecule has 0 amide bonds. The fraction of sp³-hybridized carbons (Fsp3) is 0.0526. The van der Waals surface area contributed by atoms with Gasteiger partial charge in [-0.25, -0.2) is 4.68 Å². The van der Waals surface area contributed by atoms with Gasteiger partial charge in [-0.2, -0.15) is 10.2 Å². The van der Waals surface area contributed by atoms with E-state index in [2.05, 4.69) is 27.4 Å². The minimum absolute atomic E-state index is 0.430. The van der Waals surface area contributed by atoms with E-state index in [0.29, 0.717) is 11.7 Å². The Kier molecular flexibility index (Phi) is 5.84. The Hall–Kier alpha value is -3.32. The number of aromatic nitrogens is 3. The highest BCUT2D eigenvalue weighted by molar-refractivity contribution is 7.80. The molecule has 0 atom stereocenters. The van der Waals surface area contributed by atoms with Crippen molar-refractivity contribution in [2.24, 2.45) is 5.10 Å². The second-order valence-electron chi connectivity index (χ2n) is 5.32. The summed E-state index contributed by atoms with van der Waals surface area (Å²) in [5, 5.41) is 12.3. The molecule has 3 rings (SSSR count). The minimum atomic E-state index is 0.430. The highest BCUT2D eigenvalue weighted by atomic mass is 32.1. The van der Waals surface area contributed by atoms with Crippen molar-refractivity contribution in [1.82, 2.24) is 25.5 Å². The summed E-state index contributed by atoms with van der Waals surface area (Å²) in [6.45, 7) is 4.21. The van der Waals surface area contributed by atoms with Gasteiger partial charge in [0.1, 0.15) is 5.69 Å². The first kappa shape index (κ1) is 17.5. The molecule has 130 valence electrons. The summed E-state index contributed by atoms with van der Waals surface area (Å²) in [5.41, 5.74) is 6.30. The number of pyridine rings is 1. The Morgan fingerprint density at radius 3 is 2.81 bits per heavy atom. The lowest BCUT2D eigenvalue weighted by molar-refractivity contribution is 0.884. The van der Waals surface area contributed by atoms with E-state index in [1.807, 2.05) is 53.3 Å². The molecule has 2 heterocycles. The molecule has 7 heteroatoms. The average Bonchev–Trinajstić information content (AvgIpc) is 3.12. The molecule has 0 aliphatic carbocycles. The van der Waals surface area contributed by atoms with Crippen LogP contribution in [-0.4, -0.2) is 32.6 Å². The number of para-hydroxylation sites is 1. The van der Waals surface area contributed by atoms with Gasteiger partial charge < -0.3 is 5.32 Å². The number of hydrogen-bond donors (Lipinski definition) is 2. The van der Waals surface area contributed by atoms with Gasteiger partial charge in [0.25, 0.3) is 0 Å². The van der Waals surface area contributed by atoms with Crippen molar-refractivity contribution in [1.29, 1.82) is 0 Å². The lowest BCUT2D eigenvalue weighted by Gasteiger charge is -2.03. The van der Waals surface area contributed by atoms with Crippen LogP contribution in [0.4, 0.5) is 0 Å². The molecule has 2 aromatic heterocycles. The van der Waals surface area contributed by atoms with E-state index in [1.165, 1.54) is 0 Å². The molecule has 0 aliphatic heterocycles. The molecule has 0 fully saturated rings. The van der Waals surface area contributed by atoms with Crippen LogP contribution in [0.1, 0.15) is 5.56 Å². The lowest BCUT2D eigenvalue weighted by Crippen LogP contribution is -2.31. The van der Waals surface area contributed by atoms with E-state index in [0.717, 1.165) is 22.5 Å². The first-order valence-corrected chi connectivity index (χ1v) is 8.42. The van der Waals surface area contributed by atoms with Crippen molar-refractivity contribution in [2.75, 3.05) is 6.54 Å². The van der Waals surface area contributed by atoms with E-state index < -0.39 is 0 Å². The average molecular weight is 362 g/mol. The fourth-order valence-corrected chi connectivity index (χ4v) is 2.42. The predicted molar refractivity (Wildman–Crippen MR) is 108 cm³/mol. The quantitative estimate of drug-likeness (QED) is 0.305. The molecular weight excluding hydrogens is 344 g/mol. The van der Waals surface area contributed by atoms with Gasteiger partial charge in [-0.15, -0.1) is 6.58 Å². The van der Waals surface area contributed by atoms with E-state index in [1.54, 1.807) is 24.7 Å². The second-order valence-corrected chi connectivity index (χ2v) is 5.73. The Labute approximate surface area is 157 Å². The summed E-state index contributed by atoms with van der Waals surface area (Å²) in [6.07, 6.45) is 8.84. The molecule has 3 aromatic rings. The SMILES string of the molecule is C=CCNC(=S)N/N=C\c1cn(-c2ccccc2)nc1-c1cccnc1. The van der Waals surface area contributed by atoms with Crippen molar-refractivity contribution >= 4 is 23.5 Å². The van der Waals surface area contributed by atoms with Crippen molar-refractivity contribution in [2.45, 2.75) is 0 Å². The van der Waals surface area contributed by atoms with E-state index in [4.69, 9.17) is 17.3 Å². The summed E-state index contributed by atoms with van der Waals surface area (Å²) in [5.74, 6) is 0. The van der Waals surface area contributed by atoms with E-state index in [9.17, 15) is 0 Å². The smallest absolute Gasteiger partial charge is 0.187 e. The maximum atomic E-state index is 5.13. The topological polar surface area (TPSA) is 67.1 Å². The number of rotatable bonds is 6. The Balaban J connectivity index is 1.88. The zero-order valence-electron chi connectivity index (χ0n) is 14.0. The second kappa shape index (κ2) is 8.68. The number of benzene rings is 1. The largest absolute Gasteiger partial charge is 0.358 e. The van der Waals surface area contributed by atoms with Gasteiger partial charge in [-0.05, 0) is 36.5 Å². The van der Waals surface area contributed by atoms with Crippen LogP contribution in [0.25, 0.3) is 16.9 Å². The lowest BCUT2D eigenvalue weighted by atomic mass is 10.1. The van der Waals surface area contributed by atoms with E-state index in [-0.39, 0.29) is 0 Å². The summed E-state index contributed by atoms with van der Waals surface area (Å²) < 4.78 is 1.82. The van der Waals surface area contributed by atoms with Crippen molar-refractivity contribution in [3.05, 3.63) is 79.3 Å². The first-order valence-electron chi connectivity index (χ1n) is 8.01. The molecule has 26 heavy (non-hydrogen) atoms. The van der Waals surface area contributed by atoms with Gasteiger partial charge in [0.15, 0.2) is 5.11 Å². The Bertz CT molecular complexity index is 902. The van der Waals surface area contributed by atoms with Crippen LogP contribution in [0, 0.1) is 0 Å². The summed E-state index contributed by atoms with van der Waals surface area (Å²) in [4.78, 5) is 4.18. The minimum Gasteiger partial charge on any atom is -0.358 e. The van der Waals surface area contributed by atoms with E-state index >= 15 is 0 Å². The third kappa shape index (κ3) is 4.40. The van der Waals surface area contributed by atoms with Gasteiger partial charge >= 0.3 is 0 Å². The van der Waals surface area contributed by atoms with Crippen LogP contribution in [-0.2, 0) is 0 Å². The number of nitrogens with zero attached hydrogens (tertiary/aromatic N) is 4. The van der Waals surface area contributed by atoms with Crippen LogP contribution >= 0.6 is 12.2 Å². The number of hydrazone groups is 1. The molecule has 0 bridgehead atoms. The molecule has 0 saturated carbocycles. The molecule has 0 saturated heterocycles. The number of nitrogens with one attached hydrogen (secondary N) is 2. The predicted octanol–water partition coefficient (Wildman–Crippen LogP) is 2.92. The van der Waals surface area contributed by atoms with Gasteiger partial charge in [0, 0.05) is 36.3 Å². The van der Waals surface area contributed by atoms with Crippen LogP contribution in [0.15, 0.2) is 78.8 Å². The van der Waals surface area contributed by atoms with Gasteiger partial charge in [-0.3, -0.25) is 10.4 Å². The monoisotopic (exact) mass is 362 g/mol. The first-order chi connectivity index (χ1) is 12.8. The highest BCUT2D eigenvalue weighted by Gasteiger charge is 2.11. The van der Waals surface area contributed by atoms with Crippen molar-refractivity contribution in [3.63, 3.8) is 0 Å². The van der Waals surface area contributed by atoms with Gasteiger partial charge in [0.05, 0.1) is 11.9 Å². The molecule has 0 spiro atoms. The molecular formula is C19H18N6S. The maximum absolute atomic E-state index is 5.13. The molecule has 1 aromatic carbocycles.